The molecule has 1 atom stereocenters. The molecular formula is C15H22ClNO3S. The predicted molar refractivity (Wildman–Crippen MR) is 85.6 cm³/mol. The lowest BCUT2D eigenvalue weighted by molar-refractivity contribution is 0.0937. The molecule has 1 unspecified atom stereocenters. The van der Waals surface area contributed by atoms with Crippen molar-refractivity contribution in [2.45, 2.75) is 44.6 Å². The number of hydrogen-bond donors (Lipinski definition) is 1. The van der Waals surface area contributed by atoms with Crippen molar-refractivity contribution in [1.82, 2.24) is 5.32 Å². The summed E-state index contributed by atoms with van der Waals surface area (Å²) in [6.45, 7) is 6.18. The molecule has 0 bridgehead atoms. The van der Waals surface area contributed by atoms with Gasteiger partial charge in [0.2, 0.25) is 0 Å². The van der Waals surface area contributed by atoms with E-state index in [1.54, 1.807) is 0 Å². The molecule has 0 aliphatic heterocycles. The van der Waals surface area contributed by atoms with E-state index in [1.807, 2.05) is 6.92 Å². The second-order valence-electron chi connectivity index (χ2n) is 5.76. The third kappa shape index (κ3) is 5.67. The summed E-state index contributed by atoms with van der Waals surface area (Å²) in [6, 6.07) is 4.17. The highest BCUT2D eigenvalue weighted by Crippen LogP contribution is 2.21. The molecule has 6 heteroatoms. The fourth-order valence-corrected chi connectivity index (χ4v) is 2.72. The molecule has 1 aromatic rings. The molecule has 1 rings (SSSR count). The minimum Gasteiger partial charge on any atom is -0.350 e. The average molecular weight is 332 g/mol. The van der Waals surface area contributed by atoms with Crippen molar-refractivity contribution >= 4 is 27.3 Å². The average Bonchev–Trinajstić information content (AvgIpc) is 2.35. The van der Waals surface area contributed by atoms with E-state index in [0.29, 0.717) is 5.92 Å². The minimum atomic E-state index is -3.36. The van der Waals surface area contributed by atoms with Crippen LogP contribution in [-0.4, -0.2) is 26.6 Å². The van der Waals surface area contributed by atoms with E-state index >= 15 is 0 Å². The van der Waals surface area contributed by atoms with E-state index in [9.17, 15) is 13.2 Å². The van der Waals surface area contributed by atoms with Gasteiger partial charge in [0.1, 0.15) is 0 Å². The van der Waals surface area contributed by atoms with E-state index < -0.39 is 9.84 Å². The highest BCUT2D eigenvalue weighted by molar-refractivity contribution is 7.90. The van der Waals surface area contributed by atoms with Crippen LogP contribution in [0, 0.1) is 5.92 Å². The SMILES string of the molecule is CC(C)CCC(C)NC(=O)c1cc(S(C)(=O)=O)ccc1Cl. The standard InChI is InChI=1S/C15H22ClNO3S/c1-10(2)5-6-11(3)17-15(18)13-9-12(21(4,19)20)7-8-14(13)16/h7-11H,5-6H2,1-4H3,(H,17,18). The normalized spacial score (nSPS) is 13.2. The Bertz CT molecular complexity index is 611. The number of rotatable bonds is 6. The summed E-state index contributed by atoms with van der Waals surface area (Å²) >= 11 is 6.00. The van der Waals surface area contributed by atoms with Crippen LogP contribution in [-0.2, 0) is 9.84 Å². The lowest BCUT2D eigenvalue weighted by atomic mass is 10.0. The second-order valence-corrected chi connectivity index (χ2v) is 8.18. The van der Waals surface area contributed by atoms with Gasteiger partial charge in [0.25, 0.3) is 5.91 Å². The predicted octanol–water partition coefficient (Wildman–Crippen LogP) is 3.30. The quantitative estimate of drug-likeness (QED) is 0.869. The monoisotopic (exact) mass is 331 g/mol. The van der Waals surface area contributed by atoms with Crippen LogP contribution in [0.5, 0.6) is 0 Å². The number of halogens is 1. The van der Waals surface area contributed by atoms with E-state index in [4.69, 9.17) is 11.6 Å². The first-order chi connectivity index (χ1) is 9.61. The first-order valence-electron chi connectivity index (χ1n) is 6.91. The first kappa shape index (κ1) is 18.0. The molecule has 0 spiro atoms. The van der Waals surface area contributed by atoms with E-state index in [-0.39, 0.29) is 27.4 Å². The summed E-state index contributed by atoms with van der Waals surface area (Å²) in [4.78, 5) is 12.3. The molecule has 1 amide bonds. The maximum Gasteiger partial charge on any atom is 0.253 e. The van der Waals surface area contributed by atoms with Crippen LogP contribution in [0.2, 0.25) is 5.02 Å². The van der Waals surface area contributed by atoms with Crippen LogP contribution in [0.1, 0.15) is 44.0 Å². The van der Waals surface area contributed by atoms with Gasteiger partial charge in [-0.2, -0.15) is 0 Å². The number of hydrogen-bond acceptors (Lipinski definition) is 3. The van der Waals surface area contributed by atoms with Crippen LogP contribution in [0.25, 0.3) is 0 Å². The van der Waals surface area contributed by atoms with E-state index in [0.717, 1.165) is 19.1 Å². The third-order valence-electron chi connectivity index (χ3n) is 3.17. The van der Waals surface area contributed by atoms with Gasteiger partial charge in [-0.3, -0.25) is 4.79 Å². The molecule has 4 nitrogen and oxygen atoms in total. The van der Waals surface area contributed by atoms with Crippen molar-refractivity contribution in [1.29, 1.82) is 0 Å². The van der Waals surface area contributed by atoms with Crippen molar-refractivity contribution in [3.63, 3.8) is 0 Å². The van der Waals surface area contributed by atoms with Gasteiger partial charge in [0, 0.05) is 12.3 Å². The van der Waals surface area contributed by atoms with Gasteiger partial charge in [-0.05, 0) is 43.9 Å². The Morgan fingerprint density at radius 1 is 1.24 bits per heavy atom. The van der Waals surface area contributed by atoms with Crippen molar-refractivity contribution in [3.8, 4) is 0 Å². The molecule has 0 heterocycles. The highest BCUT2D eigenvalue weighted by Gasteiger charge is 2.17. The van der Waals surface area contributed by atoms with Gasteiger partial charge >= 0.3 is 0 Å². The number of carbonyl (C=O) groups is 1. The lowest BCUT2D eigenvalue weighted by Gasteiger charge is -2.16. The zero-order chi connectivity index (χ0) is 16.2. The molecular weight excluding hydrogens is 310 g/mol. The van der Waals surface area contributed by atoms with Crippen LogP contribution >= 0.6 is 11.6 Å². The minimum absolute atomic E-state index is 0.0119. The molecule has 0 saturated carbocycles. The van der Waals surface area contributed by atoms with Crippen molar-refractivity contribution in [2.24, 2.45) is 5.92 Å². The summed E-state index contributed by atoms with van der Waals surface area (Å²) in [5.74, 6) is 0.225. The second kappa shape index (κ2) is 7.27. The molecule has 0 aliphatic rings. The zero-order valence-electron chi connectivity index (χ0n) is 12.8. The van der Waals surface area contributed by atoms with Crippen LogP contribution in [0.15, 0.2) is 23.1 Å². The molecule has 1 N–H and O–H groups in total. The number of amides is 1. The molecule has 0 saturated heterocycles. The number of nitrogens with one attached hydrogen (secondary N) is 1. The van der Waals surface area contributed by atoms with Crippen LogP contribution in [0.4, 0.5) is 0 Å². The van der Waals surface area contributed by atoms with Gasteiger partial charge in [0.15, 0.2) is 9.84 Å². The summed E-state index contributed by atoms with van der Waals surface area (Å²) in [5.41, 5.74) is 0.191. The Labute approximate surface area is 131 Å². The van der Waals surface area contributed by atoms with E-state index in [2.05, 4.69) is 19.2 Å². The van der Waals surface area contributed by atoms with Crippen molar-refractivity contribution in [2.75, 3.05) is 6.26 Å². The number of carbonyl (C=O) groups excluding carboxylic acids is 1. The number of benzene rings is 1. The lowest BCUT2D eigenvalue weighted by Crippen LogP contribution is -2.33. The zero-order valence-corrected chi connectivity index (χ0v) is 14.4. The highest BCUT2D eigenvalue weighted by atomic mass is 35.5. The van der Waals surface area contributed by atoms with E-state index in [1.165, 1.54) is 18.2 Å². The Kier molecular flexibility index (Phi) is 6.23. The smallest absolute Gasteiger partial charge is 0.253 e. The Balaban J connectivity index is 2.87. The molecule has 0 aromatic heterocycles. The first-order valence-corrected chi connectivity index (χ1v) is 9.18. The molecule has 0 fully saturated rings. The topological polar surface area (TPSA) is 63.2 Å². The third-order valence-corrected chi connectivity index (χ3v) is 4.60. The van der Waals surface area contributed by atoms with Gasteiger partial charge in [-0.1, -0.05) is 25.4 Å². The summed E-state index contributed by atoms with van der Waals surface area (Å²) in [5, 5.41) is 3.10. The number of sulfone groups is 1. The van der Waals surface area contributed by atoms with Crippen LogP contribution in [0.3, 0.4) is 0 Å². The molecule has 1 aromatic carbocycles. The van der Waals surface area contributed by atoms with Gasteiger partial charge < -0.3 is 5.32 Å². The van der Waals surface area contributed by atoms with Gasteiger partial charge in [-0.15, -0.1) is 0 Å². The van der Waals surface area contributed by atoms with Crippen LogP contribution < -0.4 is 5.32 Å². The largest absolute Gasteiger partial charge is 0.350 e. The molecule has 21 heavy (non-hydrogen) atoms. The maximum atomic E-state index is 12.2. The molecule has 0 aliphatic carbocycles. The summed E-state index contributed by atoms with van der Waals surface area (Å²) < 4.78 is 23.1. The van der Waals surface area contributed by atoms with Crippen molar-refractivity contribution < 1.29 is 13.2 Å². The fourth-order valence-electron chi connectivity index (χ4n) is 1.87. The van der Waals surface area contributed by atoms with Gasteiger partial charge in [-0.25, -0.2) is 8.42 Å². The Morgan fingerprint density at radius 3 is 2.38 bits per heavy atom. The molecule has 118 valence electrons. The molecule has 0 radical (unpaired) electrons. The van der Waals surface area contributed by atoms with Gasteiger partial charge in [0.05, 0.1) is 15.5 Å². The Hall–Kier alpha value is -1.07. The summed E-state index contributed by atoms with van der Waals surface area (Å²) in [7, 11) is -3.36. The summed E-state index contributed by atoms with van der Waals surface area (Å²) in [6.07, 6.45) is 2.98. The van der Waals surface area contributed by atoms with Crippen molar-refractivity contribution in [3.05, 3.63) is 28.8 Å². The fraction of sp³-hybridized carbons (Fsp3) is 0.533. The Morgan fingerprint density at radius 2 is 1.86 bits per heavy atom. The maximum absolute atomic E-state index is 12.2.